The number of hydrogen-bond donors (Lipinski definition) is 2. The van der Waals surface area contributed by atoms with Crippen molar-refractivity contribution in [2.24, 2.45) is 0 Å². The first-order valence-electron chi connectivity index (χ1n) is 6.43. The molecule has 5 nitrogen and oxygen atoms in total. The first-order chi connectivity index (χ1) is 9.76. The van der Waals surface area contributed by atoms with Crippen molar-refractivity contribution in [3.63, 3.8) is 0 Å². The lowest BCUT2D eigenvalue weighted by molar-refractivity contribution is 0.310. The summed E-state index contributed by atoms with van der Waals surface area (Å²) in [6.07, 6.45) is 1.18. The molecule has 2 aromatic rings. The Balaban J connectivity index is 2.08. The van der Waals surface area contributed by atoms with Gasteiger partial charge in [0.25, 0.3) is 6.01 Å². The first kappa shape index (κ1) is 14.3. The van der Waals surface area contributed by atoms with Crippen LogP contribution in [0, 0.1) is 0 Å². The Morgan fingerprint density at radius 1 is 1.55 bits per heavy atom. The van der Waals surface area contributed by atoms with Crippen LogP contribution in [0.2, 0.25) is 0 Å². The Labute approximate surface area is 116 Å². The maximum absolute atomic E-state index is 12.4. The lowest BCUT2D eigenvalue weighted by Crippen LogP contribution is -2.05. The molecule has 108 valence electrons. The molecule has 0 spiro atoms. The van der Waals surface area contributed by atoms with Crippen LogP contribution in [0.1, 0.15) is 13.3 Å². The van der Waals surface area contributed by atoms with Crippen molar-refractivity contribution in [2.75, 3.05) is 25.1 Å². The van der Waals surface area contributed by atoms with Crippen LogP contribution in [-0.4, -0.2) is 29.8 Å². The summed E-state index contributed by atoms with van der Waals surface area (Å²) in [7, 11) is 0. The topological polar surface area (TPSA) is 67.5 Å². The number of rotatable bonds is 7. The van der Waals surface area contributed by atoms with Crippen molar-refractivity contribution >= 4 is 17.1 Å². The van der Waals surface area contributed by atoms with Gasteiger partial charge in [0.2, 0.25) is 0 Å². The Morgan fingerprint density at radius 2 is 2.40 bits per heavy atom. The lowest BCUT2D eigenvalue weighted by Gasteiger charge is -2.06. The van der Waals surface area contributed by atoms with Crippen LogP contribution in [0.15, 0.2) is 34.5 Å². The van der Waals surface area contributed by atoms with Gasteiger partial charge in [-0.05, 0) is 24.1 Å². The number of oxazole rings is 1. The molecule has 0 radical (unpaired) electrons. The van der Waals surface area contributed by atoms with Gasteiger partial charge in [-0.2, -0.15) is 4.98 Å². The smallest absolute Gasteiger partial charge is 0.295 e. The Bertz CT molecular complexity index is 595. The molecule has 0 aliphatic carbocycles. The van der Waals surface area contributed by atoms with Gasteiger partial charge in [-0.15, -0.1) is 0 Å². The first-order valence-corrected chi connectivity index (χ1v) is 6.43. The van der Waals surface area contributed by atoms with E-state index in [4.69, 9.17) is 14.3 Å². The van der Waals surface area contributed by atoms with Gasteiger partial charge in [0.1, 0.15) is 17.9 Å². The number of ether oxygens (including phenoxy) is 1. The van der Waals surface area contributed by atoms with E-state index in [1.807, 2.05) is 6.92 Å². The molecule has 1 aromatic heterocycles. The molecule has 1 aromatic carbocycles. The van der Waals surface area contributed by atoms with E-state index in [9.17, 15) is 4.39 Å². The van der Waals surface area contributed by atoms with E-state index in [0.717, 1.165) is 0 Å². The standard InChI is InChI=1S/C14H17FN2O3/c1-2-10(8-15)9-19-11-3-4-12-13(7-11)20-14(17-12)16-5-6-18/h3-4,7-8,18H,2,5-6,9H2,1H3,(H,16,17)/b10-8+. The molecule has 2 rings (SSSR count). The van der Waals surface area contributed by atoms with Crippen molar-refractivity contribution in [1.82, 2.24) is 4.98 Å². The Morgan fingerprint density at radius 3 is 3.10 bits per heavy atom. The number of hydrogen-bond acceptors (Lipinski definition) is 5. The van der Waals surface area contributed by atoms with E-state index in [-0.39, 0.29) is 13.2 Å². The minimum atomic E-state index is 0.00243. The fraction of sp³-hybridized carbons (Fsp3) is 0.357. The van der Waals surface area contributed by atoms with Crippen molar-refractivity contribution in [3.05, 3.63) is 30.1 Å². The summed E-state index contributed by atoms with van der Waals surface area (Å²) in [4.78, 5) is 4.20. The minimum Gasteiger partial charge on any atom is -0.489 e. The summed E-state index contributed by atoms with van der Waals surface area (Å²) >= 11 is 0. The molecule has 1 heterocycles. The van der Waals surface area contributed by atoms with E-state index in [2.05, 4.69) is 10.3 Å². The van der Waals surface area contributed by atoms with Crippen molar-refractivity contribution < 1.29 is 18.7 Å². The van der Waals surface area contributed by atoms with Crippen molar-refractivity contribution in [2.45, 2.75) is 13.3 Å². The van der Waals surface area contributed by atoms with E-state index >= 15 is 0 Å². The fourth-order valence-electron chi connectivity index (χ4n) is 1.62. The van der Waals surface area contributed by atoms with Gasteiger partial charge >= 0.3 is 0 Å². The molecular weight excluding hydrogens is 263 g/mol. The summed E-state index contributed by atoms with van der Waals surface area (Å²) in [5, 5.41) is 11.6. The van der Waals surface area contributed by atoms with Crippen molar-refractivity contribution in [3.8, 4) is 5.75 Å². The number of nitrogens with one attached hydrogen (secondary N) is 1. The van der Waals surface area contributed by atoms with Crippen LogP contribution in [-0.2, 0) is 0 Å². The maximum Gasteiger partial charge on any atom is 0.295 e. The molecule has 0 saturated carbocycles. The number of halogens is 1. The van der Waals surface area contributed by atoms with Gasteiger partial charge in [0, 0.05) is 12.6 Å². The summed E-state index contributed by atoms with van der Waals surface area (Å²) < 4.78 is 23.4. The molecule has 0 aliphatic rings. The number of aliphatic hydroxyl groups excluding tert-OH is 1. The van der Waals surface area contributed by atoms with Crippen LogP contribution in [0.25, 0.3) is 11.1 Å². The van der Waals surface area contributed by atoms with E-state index in [1.165, 1.54) is 0 Å². The molecule has 0 fully saturated rings. The highest BCUT2D eigenvalue weighted by molar-refractivity contribution is 5.76. The summed E-state index contributed by atoms with van der Waals surface area (Å²) in [5.74, 6) is 0.593. The van der Waals surface area contributed by atoms with Gasteiger partial charge in [-0.1, -0.05) is 6.92 Å². The van der Waals surface area contributed by atoms with Crippen LogP contribution >= 0.6 is 0 Å². The summed E-state index contributed by atoms with van der Waals surface area (Å²) in [6, 6.07) is 5.58. The molecule has 0 saturated heterocycles. The normalized spacial score (nSPS) is 11.8. The third kappa shape index (κ3) is 3.48. The minimum absolute atomic E-state index is 0.00243. The highest BCUT2D eigenvalue weighted by Gasteiger charge is 2.07. The zero-order valence-corrected chi connectivity index (χ0v) is 11.2. The number of benzene rings is 1. The largest absolute Gasteiger partial charge is 0.489 e. The monoisotopic (exact) mass is 280 g/mol. The fourth-order valence-corrected chi connectivity index (χ4v) is 1.62. The van der Waals surface area contributed by atoms with Gasteiger partial charge < -0.3 is 19.6 Å². The molecule has 0 atom stereocenters. The Hall–Kier alpha value is -2.08. The molecular formula is C14H17FN2O3. The molecule has 20 heavy (non-hydrogen) atoms. The highest BCUT2D eigenvalue weighted by Crippen LogP contribution is 2.24. The van der Waals surface area contributed by atoms with Gasteiger partial charge in [0.15, 0.2) is 5.58 Å². The third-order valence-electron chi connectivity index (χ3n) is 2.78. The Kier molecular flexibility index (Phi) is 4.95. The second kappa shape index (κ2) is 6.91. The van der Waals surface area contributed by atoms with E-state index < -0.39 is 0 Å². The number of nitrogens with zero attached hydrogens (tertiary/aromatic N) is 1. The zero-order valence-electron chi connectivity index (χ0n) is 11.2. The van der Waals surface area contributed by atoms with Crippen molar-refractivity contribution in [1.29, 1.82) is 0 Å². The van der Waals surface area contributed by atoms with Gasteiger partial charge in [0.05, 0.1) is 12.9 Å². The molecule has 0 aliphatic heterocycles. The third-order valence-corrected chi connectivity index (χ3v) is 2.78. The van der Waals surface area contributed by atoms with Crippen LogP contribution in [0.4, 0.5) is 10.4 Å². The number of aliphatic hydroxyl groups is 1. The van der Waals surface area contributed by atoms with Gasteiger partial charge in [-0.3, -0.25) is 0 Å². The summed E-state index contributed by atoms with van der Waals surface area (Å²) in [5.41, 5.74) is 1.85. The molecule has 0 unspecified atom stereocenters. The molecule has 6 heteroatoms. The maximum atomic E-state index is 12.4. The number of anilines is 1. The second-order valence-corrected chi connectivity index (χ2v) is 4.21. The van der Waals surface area contributed by atoms with E-state index in [0.29, 0.717) is 47.7 Å². The highest BCUT2D eigenvalue weighted by atomic mass is 19.1. The predicted octanol–water partition coefficient (Wildman–Crippen LogP) is 2.87. The van der Waals surface area contributed by atoms with Crippen LogP contribution in [0.3, 0.4) is 0 Å². The van der Waals surface area contributed by atoms with Crippen LogP contribution in [0.5, 0.6) is 5.75 Å². The average molecular weight is 280 g/mol. The average Bonchev–Trinajstić information content (AvgIpc) is 2.88. The SMILES string of the molecule is CC/C(=C\F)COc1ccc2nc(NCCO)oc2c1. The zero-order chi connectivity index (χ0) is 14.4. The number of fused-ring (bicyclic) bond motifs is 1. The molecule has 0 amide bonds. The predicted molar refractivity (Wildman–Crippen MR) is 74.6 cm³/mol. The van der Waals surface area contributed by atoms with E-state index in [1.54, 1.807) is 18.2 Å². The summed E-state index contributed by atoms with van der Waals surface area (Å²) in [6.45, 7) is 2.45. The molecule has 2 N–H and O–H groups in total. The number of aromatic nitrogens is 1. The van der Waals surface area contributed by atoms with Gasteiger partial charge in [-0.25, -0.2) is 4.39 Å². The second-order valence-electron chi connectivity index (χ2n) is 4.21. The van der Waals surface area contributed by atoms with Crippen LogP contribution < -0.4 is 10.1 Å². The lowest BCUT2D eigenvalue weighted by atomic mass is 10.2. The molecule has 0 bridgehead atoms. The quantitative estimate of drug-likeness (QED) is 0.816.